The van der Waals surface area contributed by atoms with Crippen LogP contribution in [0.1, 0.15) is 32.6 Å². The fraction of sp³-hybridized carbons (Fsp3) is 0.875. The van der Waals surface area contributed by atoms with Gasteiger partial charge in [0.1, 0.15) is 5.78 Å². The highest BCUT2D eigenvalue weighted by Crippen LogP contribution is 2.37. The minimum atomic E-state index is -0.0123. The predicted octanol–water partition coefficient (Wildman–Crippen LogP) is 4.22. The maximum atomic E-state index is 12.5. The molecule has 2 fully saturated rings. The maximum absolute atomic E-state index is 12.5. The minimum Gasteiger partial charge on any atom is -0.300 e. The molecule has 6 heteroatoms. The van der Waals surface area contributed by atoms with Crippen LogP contribution in [0.3, 0.4) is 0 Å². The summed E-state index contributed by atoms with van der Waals surface area (Å²) < 4.78 is 0. The van der Waals surface area contributed by atoms with E-state index < -0.39 is 0 Å². The lowest BCUT2D eigenvalue weighted by atomic mass is 9.78. The Morgan fingerprint density at radius 2 is 1.59 bits per heavy atom. The van der Waals surface area contributed by atoms with Gasteiger partial charge in [0.05, 0.1) is 0 Å². The van der Waals surface area contributed by atoms with Crippen LogP contribution in [0.4, 0.5) is 0 Å². The minimum absolute atomic E-state index is 0.00640. The van der Waals surface area contributed by atoms with Crippen molar-refractivity contribution in [2.24, 2.45) is 11.8 Å². The molecule has 0 aromatic carbocycles. The van der Waals surface area contributed by atoms with E-state index in [1.165, 1.54) is 23.3 Å². The molecule has 0 N–H and O–H groups in total. The third kappa shape index (κ3) is 5.67. The van der Waals surface area contributed by atoms with Crippen molar-refractivity contribution in [1.29, 1.82) is 0 Å². The van der Waals surface area contributed by atoms with E-state index in [1.54, 1.807) is 6.92 Å². The fourth-order valence-corrected chi connectivity index (χ4v) is 8.73. The molecule has 0 aromatic heterocycles. The van der Waals surface area contributed by atoms with Gasteiger partial charge in [-0.25, -0.2) is 0 Å². The first-order chi connectivity index (χ1) is 10.6. The normalized spacial score (nSPS) is 32.6. The molecule has 0 radical (unpaired) electrons. The van der Waals surface area contributed by atoms with Gasteiger partial charge in [-0.3, -0.25) is 9.59 Å². The highest BCUT2D eigenvalue weighted by atomic mass is 32.2. The average molecular weight is 379 g/mol. The number of carbonyl (C=O) groups is 2. The zero-order chi connectivity index (χ0) is 15.9. The first-order valence-corrected chi connectivity index (χ1v) is 12.5. The fourth-order valence-electron chi connectivity index (χ4n) is 3.14. The molecule has 0 bridgehead atoms. The van der Waals surface area contributed by atoms with Crippen LogP contribution in [0.5, 0.6) is 0 Å². The Hall–Kier alpha value is 0.740. The van der Waals surface area contributed by atoms with Crippen molar-refractivity contribution in [3.05, 3.63) is 0 Å². The van der Waals surface area contributed by atoms with Crippen LogP contribution in [0.25, 0.3) is 0 Å². The molecular formula is C16H26O2S4. The molecule has 4 atom stereocenters. The summed E-state index contributed by atoms with van der Waals surface area (Å²) >= 11 is 7.52. The number of hydrogen-bond acceptors (Lipinski definition) is 6. The Kier molecular flexibility index (Phi) is 8.58. The quantitative estimate of drug-likeness (QED) is 0.688. The number of rotatable bonds is 6. The summed E-state index contributed by atoms with van der Waals surface area (Å²) in [6.07, 6.45) is 6.20. The van der Waals surface area contributed by atoms with E-state index in [9.17, 15) is 9.59 Å². The Morgan fingerprint density at radius 1 is 1.00 bits per heavy atom. The first kappa shape index (κ1) is 19.1. The predicted molar refractivity (Wildman–Crippen MR) is 104 cm³/mol. The first-order valence-electron chi connectivity index (χ1n) is 8.01. The van der Waals surface area contributed by atoms with Gasteiger partial charge in [-0.15, -0.1) is 0 Å². The Labute approximate surface area is 151 Å². The van der Waals surface area contributed by atoms with Crippen LogP contribution >= 0.6 is 47.0 Å². The summed E-state index contributed by atoms with van der Waals surface area (Å²) in [5.74, 6) is 4.72. The molecule has 4 unspecified atom stereocenters. The molecule has 0 aromatic rings. The van der Waals surface area contributed by atoms with E-state index in [2.05, 4.69) is 18.0 Å². The lowest BCUT2D eigenvalue weighted by Gasteiger charge is -2.30. The van der Waals surface area contributed by atoms with Crippen molar-refractivity contribution >= 4 is 57.9 Å². The van der Waals surface area contributed by atoms with E-state index >= 15 is 0 Å². The third-order valence-electron chi connectivity index (χ3n) is 4.39. The van der Waals surface area contributed by atoms with E-state index in [1.807, 2.05) is 23.5 Å². The summed E-state index contributed by atoms with van der Waals surface area (Å²) in [6, 6.07) is 0. The van der Waals surface area contributed by atoms with Crippen LogP contribution in [0, 0.1) is 11.8 Å². The van der Waals surface area contributed by atoms with Crippen molar-refractivity contribution < 1.29 is 9.59 Å². The lowest BCUT2D eigenvalue weighted by Crippen LogP contribution is -2.31. The molecule has 2 nitrogen and oxygen atoms in total. The monoisotopic (exact) mass is 378 g/mol. The third-order valence-corrected chi connectivity index (χ3v) is 9.93. The summed E-state index contributed by atoms with van der Waals surface area (Å²) in [5.41, 5.74) is 0. The number of Topliss-reactive ketones (excluding diaryl/α,β-unsaturated/α-hetero) is 1. The molecule has 22 heavy (non-hydrogen) atoms. The molecule has 1 saturated carbocycles. The SMILES string of the molecule is CSCC1CSC(CSC(=O)C2CCCCC2C(C)=O)CS1. The average Bonchev–Trinajstić information content (AvgIpc) is 2.54. The molecular weight excluding hydrogens is 352 g/mol. The Bertz CT molecular complexity index is 380. The van der Waals surface area contributed by atoms with Crippen LogP contribution in [0.2, 0.25) is 0 Å². The van der Waals surface area contributed by atoms with Crippen LogP contribution in [-0.2, 0) is 9.59 Å². The highest BCUT2D eigenvalue weighted by Gasteiger charge is 2.34. The second-order valence-corrected chi connectivity index (χ2v) is 10.7. The number of ketones is 1. The summed E-state index contributed by atoms with van der Waals surface area (Å²) in [4.78, 5) is 24.3. The highest BCUT2D eigenvalue weighted by molar-refractivity contribution is 8.15. The second-order valence-electron chi connectivity index (χ2n) is 6.10. The molecule has 0 amide bonds. The van der Waals surface area contributed by atoms with Gasteiger partial charge >= 0.3 is 0 Å². The largest absolute Gasteiger partial charge is 0.300 e. The van der Waals surface area contributed by atoms with E-state index in [-0.39, 0.29) is 22.7 Å². The summed E-state index contributed by atoms with van der Waals surface area (Å²) in [7, 11) is 0. The lowest BCUT2D eigenvalue weighted by molar-refractivity contribution is -0.128. The van der Waals surface area contributed by atoms with E-state index in [4.69, 9.17) is 0 Å². The van der Waals surface area contributed by atoms with Crippen molar-refractivity contribution in [2.45, 2.75) is 43.1 Å². The zero-order valence-corrected chi connectivity index (χ0v) is 16.7. The maximum Gasteiger partial charge on any atom is 0.192 e. The van der Waals surface area contributed by atoms with Crippen molar-refractivity contribution in [1.82, 2.24) is 0 Å². The summed E-state index contributed by atoms with van der Waals surface area (Å²) in [5, 5.41) is 1.64. The van der Waals surface area contributed by atoms with Crippen LogP contribution in [-0.4, -0.2) is 50.7 Å². The molecule has 2 aliphatic rings. The van der Waals surface area contributed by atoms with Crippen LogP contribution < -0.4 is 0 Å². The van der Waals surface area contributed by atoms with Gasteiger partial charge < -0.3 is 0 Å². The Balaban J connectivity index is 1.74. The smallest absolute Gasteiger partial charge is 0.192 e. The summed E-state index contributed by atoms with van der Waals surface area (Å²) in [6.45, 7) is 1.65. The molecule has 1 saturated heterocycles. The molecule has 0 spiro atoms. The van der Waals surface area contributed by atoms with E-state index in [0.29, 0.717) is 5.25 Å². The van der Waals surface area contributed by atoms with Crippen molar-refractivity contribution in [3.8, 4) is 0 Å². The number of hydrogen-bond donors (Lipinski definition) is 0. The van der Waals surface area contributed by atoms with Crippen molar-refractivity contribution in [3.63, 3.8) is 0 Å². The second kappa shape index (κ2) is 9.90. The molecule has 126 valence electrons. The van der Waals surface area contributed by atoms with Gasteiger partial charge in [0, 0.05) is 45.3 Å². The van der Waals surface area contributed by atoms with Crippen LogP contribution in [0.15, 0.2) is 0 Å². The van der Waals surface area contributed by atoms with Gasteiger partial charge in [0.2, 0.25) is 0 Å². The standard InChI is InChI=1S/C16H26O2S4/c1-11(17)14-5-3-4-6-15(14)16(18)22-10-13-9-20-12(7-19-2)8-21-13/h12-15H,3-10H2,1-2H3. The van der Waals surface area contributed by atoms with Gasteiger partial charge in [0.15, 0.2) is 5.12 Å². The van der Waals surface area contributed by atoms with Gasteiger partial charge in [-0.05, 0) is 26.0 Å². The van der Waals surface area contributed by atoms with Gasteiger partial charge in [-0.1, -0.05) is 24.6 Å². The molecule has 1 heterocycles. The van der Waals surface area contributed by atoms with E-state index in [0.717, 1.165) is 42.4 Å². The van der Waals surface area contributed by atoms with Gasteiger partial charge in [0.25, 0.3) is 0 Å². The van der Waals surface area contributed by atoms with Crippen molar-refractivity contribution in [2.75, 3.05) is 29.3 Å². The molecule has 2 rings (SSSR count). The topological polar surface area (TPSA) is 34.1 Å². The van der Waals surface area contributed by atoms with Gasteiger partial charge in [-0.2, -0.15) is 35.3 Å². The molecule has 1 aliphatic heterocycles. The Morgan fingerprint density at radius 3 is 2.14 bits per heavy atom. The zero-order valence-electron chi connectivity index (χ0n) is 13.4. The molecule has 1 aliphatic carbocycles. The number of carbonyl (C=O) groups excluding carboxylic acids is 2. The number of thioether (sulfide) groups is 4.